The van der Waals surface area contributed by atoms with Crippen LogP contribution in [0, 0.1) is 0 Å². The molecule has 1 rings (SSSR count). The van der Waals surface area contributed by atoms with Gasteiger partial charge < -0.3 is 25.0 Å². The fraction of sp³-hybridized carbons (Fsp3) is 0.611. The zero-order valence-corrected chi connectivity index (χ0v) is 18.2. The first-order valence-corrected chi connectivity index (χ1v) is 8.67. The molecule has 0 spiro atoms. The highest BCUT2D eigenvalue weighted by molar-refractivity contribution is 14.0. The number of nitrogens with zero attached hydrogens (tertiary/aromatic N) is 2. The molecule has 0 aliphatic heterocycles. The Morgan fingerprint density at radius 1 is 1.04 bits per heavy atom. The molecule has 0 unspecified atom stereocenters. The molecule has 1 aromatic rings. The Morgan fingerprint density at radius 3 is 2.24 bits per heavy atom. The van der Waals surface area contributed by atoms with Crippen LogP contribution < -0.4 is 20.1 Å². The van der Waals surface area contributed by atoms with Crippen LogP contribution in [0.15, 0.2) is 29.3 Å². The lowest BCUT2D eigenvalue weighted by molar-refractivity contribution is 0.292. The minimum atomic E-state index is 0. The van der Waals surface area contributed by atoms with E-state index in [1.54, 1.807) is 14.2 Å². The van der Waals surface area contributed by atoms with E-state index in [1.807, 2.05) is 24.3 Å². The largest absolute Gasteiger partial charge is 0.497 e. The molecule has 0 fully saturated rings. The summed E-state index contributed by atoms with van der Waals surface area (Å²) in [6.07, 6.45) is 1.18. The predicted molar refractivity (Wildman–Crippen MR) is 116 cm³/mol. The summed E-state index contributed by atoms with van der Waals surface area (Å²) in [5.74, 6) is 2.47. The summed E-state index contributed by atoms with van der Waals surface area (Å²) in [5, 5.41) is 6.59. The Balaban J connectivity index is 0.00000576. The maximum Gasteiger partial charge on any atom is 0.191 e. The van der Waals surface area contributed by atoms with Crippen molar-refractivity contribution in [2.45, 2.75) is 20.3 Å². The minimum absolute atomic E-state index is 0. The fourth-order valence-corrected chi connectivity index (χ4v) is 2.31. The molecule has 7 heteroatoms. The fourth-order valence-electron chi connectivity index (χ4n) is 2.31. The zero-order chi connectivity index (χ0) is 17.6. The van der Waals surface area contributed by atoms with Crippen molar-refractivity contribution in [2.24, 2.45) is 4.99 Å². The van der Waals surface area contributed by atoms with Crippen LogP contribution in [0.4, 0.5) is 0 Å². The summed E-state index contributed by atoms with van der Waals surface area (Å²) in [5.41, 5.74) is 0. The summed E-state index contributed by atoms with van der Waals surface area (Å²) in [4.78, 5) is 6.65. The molecule has 25 heavy (non-hydrogen) atoms. The minimum Gasteiger partial charge on any atom is -0.497 e. The highest BCUT2D eigenvalue weighted by atomic mass is 127. The van der Waals surface area contributed by atoms with Crippen LogP contribution in [-0.4, -0.2) is 64.3 Å². The molecule has 0 aromatic heterocycles. The van der Waals surface area contributed by atoms with Crippen LogP contribution in [0.3, 0.4) is 0 Å². The number of benzene rings is 1. The van der Waals surface area contributed by atoms with Crippen molar-refractivity contribution in [3.05, 3.63) is 24.3 Å². The summed E-state index contributed by atoms with van der Waals surface area (Å²) in [7, 11) is 3.43. The number of nitrogens with one attached hydrogen (secondary N) is 2. The monoisotopic (exact) mass is 464 g/mol. The second-order valence-corrected chi connectivity index (χ2v) is 5.38. The molecule has 2 N–H and O–H groups in total. The number of aliphatic imine (C=N–C) groups is 1. The van der Waals surface area contributed by atoms with Crippen LogP contribution in [0.2, 0.25) is 0 Å². The van der Waals surface area contributed by atoms with Crippen molar-refractivity contribution < 1.29 is 9.47 Å². The van der Waals surface area contributed by atoms with E-state index in [0.717, 1.165) is 43.6 Å². The number of methoxy groups -OCH3 is 1. The summed E-state index contributed by atoms with van der Waals surface area (Å²) >= 11 is 0. The second kappa shape index (κ2) is 15.1. The van der Waals surface area contributed by atoms with Gasteiger partial charge in [0.2, 0.25) is 0 Å². The topological polar surface area (TPSA) is 58.1 Å². The molecule has 0 radical (unpaired) electrons. The van der Waals surface area contributed by atoms with Gasteiger partial charge in [0.1, 0.15) is 18.1 Å². The number of hydrogen-bond donors (Lipinski definition) is 2. The van der Waals surface area contributed by atoms with Crippen LogP contribution in [0.5, 0.6) is 11.5 Å². The lowest BCUT2D eigenvalue weighted by atomic mass is 10.3. The third-order valence-corrected chi connectivity index (χ3v) is 3.65. The first-order chi connectivity index (χ1) is 11.7. The third-order valence-electron chi connectivity index (χ3n) is 3.65. The molecule has 0 aliphatic carbocycles. The number of guanidine groups is 1. The Labute approximate surface area is 169 Å². The van der Waals surface area contributed by atoms with E-state index in [9.17, 15) is 0 Å². The molecule has 6 nitrogen and oxygen atoms in total. The van der Waals surface area contributed by atoms with E-state index in [2.05, 4.69) is 34.4 Å². The van der Waals surface area contributed by atoms with Crippen LogP contribution >= 0.6 is 24.0 Å². The van der Waals surface area contributed by atoms with Gasteiger partial charge in [-0.2, -0.15) is 0 Å². The van der Waals surface area contributed by atoms with Crippen molar-refractivity contribution in [2.75, 3.05) is 53.5 Å². The van der Waals surface area contributed by atoms with E-state index in [1.165, 1.54) is 6.42 Å². The van der Waals surface area contributed by atoms with Gasteiger partial charge in [0.05, 0.1) is 13.7 Å². The van der Waals surface area contributed by atoms with E-state index in [0.29, 0.717) is 13.2 Å². The molecule has 1 aromatic carbocycles. The molecule has 0 saturated carbocycles. The van der Waals surface area contributed by atoms with Crippen molar-refractivity contribution in [1.82, 2.24) is 15.5 Å². The maximum absolute atomic E-state index is 5.68. The number of hydrogen-bond acceptors (Lipinski definition) is 4. The average Bonchev–Trinajstić information content (AvgIpc) is 2.63. The van der Waals surface area contributed by atoms with Crippen LogP contribution in [-0.2, 0) is 0 Å². The van der Waals surface area contributed by atoms with Crippen molar-refractivity contribution >= 4 is 29.9 Å². The Kier molecular flexibility index (Phi) is 14.3. The van der Waals surface area contributed by atoms with E-state index in [-0.39, 0.29) is 24.0 Å². The SMILES string of the molecule is CCCN(CC)CCNC(=NC)NCCOc1ccc(OC)cc1.I. The van der Waals surface area contributed by atoms with Gasteiger partial charge in [-0.3, -0.25) is 4.99 Å². The molecule has 144 valence electrons. The zero-order valence-electron chi connectivity index (χ0n) is 15.9. The highest BCUT2D eigenvalue weighted by Gasteiger charge is 2.02. The Bertz CT molecular complexity index is 469. The number of likely N-dealkylation sites (N-methyl/N-ethyl adjacent to an activating group) is 1. The van der Waals surface area contributed by atoms with Gasteiger partial charge in [-0.05, 0) is 43.8 Å². The quantitative estimate of drug-likeness (QED) is 0.228. The van der Waals surface area contributed by atoms with Gasteiger partial charge in [0, 0.05) is 20.1 Å². The smallest absolute Gasteiger partial charge is 0.191 e. The van der Waals surface area contributed by atoms with E-state index in [4.69, 9.17) is 9.47 Å². The first-order valence-electron chi connectivity index (χ1n) is 8.67. The average molecular weight is 464 g/mol. The van der Waals surface area contributed by atoms with Gasteiger partial charge in [-0.25, -0.2) is 0 Å². The van der Waals surface area contributed by atoms with E-state index >= 15 is 0 Å². The second-order valence-electron chi connectivity index (χ2n) is 5.38. The van der Waals surface area contributed by atoms with Crippen molar-refractivity contribution in [3.8, 4) is 11.5 Å². The lowest BCUT2D eigenvalue weighted by Gasteiger charge is -2.20. The molecular formula is C18H33IN4O2. The summed E-state index contributed by atoms with van der Waals surface area (Å²) in [6, 6.07) is 7.58. The Hall–Kier alpha value is -1.22. The maximum atomic E-state index is 5.68. The molecular weight excluding hydrogens is 431 g/mol. The molecule has 0 atom stereocenters. The summed E-state index contributed by atoms with van der Waals surface area (Å²) < 4.78 is 10.8. The summed E-state index contributed by atoms with van der Waals surface area (Å²) in [6.45, 7) is 9.79. The molecule has 0 bridgehead atoms. The van der Waals surface area contributed by atoms with Gasteiger partial charge in [0.25, 0.3) is 0 Å². The lowest BCUT2D eigenvalue weighted by Crippen LogP contribution is -2.42. The van der Waals surface area contributed by atoms with Gasteiger partial charge in [0.15, 0.2) is 5.96 Å². The normalized spacial score (nSPS) is 11.0. The van der Waals surface area contributed by atoms with Gasteiger partial charge in [-0.15, -0.1) is 24.0 Å². The van der Waals surface area contributed by atoms with Crippen LogP contribution in [0.25, 0.3) is 0 Å². The molecule has 0 saturated heterocycles. The number of ether oxygens (including phenoxy) is 2. The van der Waals surface area contributed by atoms with Gasteiger partial charge in [-0.1, -0.05) is 13.8 Å². The third kappa shape index (κ3) is 10.4. The van der Waals surface area contributed by atoms with Crippen molar-refractivity contribution in [3.63, 3.8) is 0 Å². The van der Waals surface area contributed by atoms with Crippen LogP contribution in [0.1, 0.15) is 20.3 Å². The molecule has 0 aliphatic rings. The standard InChI is InChI=1S/C18H32N4O2.HI/c1-5-13-22(6-2)14-11-20-18(19-3)21-12-15-24-17-9-7-16(23-4)8-10-17;/h7-10H,5-6,11-15H2,1-4H3,(H2,19,20,21);1H. The van der Waals surface area contributed by atoms with Gasteiger partial charge >= 0.3 is 0 Å². The molecule has 0 heterocycles. The molecule has 0 amide bonds. The van der Waals surface area contributed by atoms with E-state index < -0.39 is 0 Å². The predicted octanol–water partition coefficient (Wildman–Crippen LogP) is 2.59. The van der Waals surface area contributed by atoms with Crippen molar-refractivity contribution in [1.29, 1.82) is 0 Å². The number of rotatable bonds is 11. The highest BCUT2D eigenvalue weighted by Crippen LogP contribution is 2.16. The Morgan fingerprint density at radius 2 is 1.68 bits per heavy atom. The number of halogens is 1. The first kappa shape index (κ1) is 23.8.